The third-order valence-corrected chi connectivity index (χ3v) is 4.94. The predicted octanol–water partition coefficient (Wildman–Crippen LogP) is 4.63. The molecule has 0 spiro atoms. The molecule has 3 rings (SSSR count). The van der Waals surface area contributed by atoms with Gasteiger partial charge in [-0.2, -0.15) is 0 Å². The number of ether oxygens (including phenoxy) is 1. The van der Waals surface area contributed by atoms with Crippen molar-refractivity contribution < 1.29 is 9.53 Å². The highest BCUT2D eigenvalue weighted by atomic mass is 32.1. The van der Waals surface area contributed by atoms with Crippen LogP contribution in [0.4, 0.5) is 5.13 Å². The van der Waals surface area contributed by atoms with E-state index in [0.29, 0.717) is 5.13 Å². The van der Waals surface area contributed by atoms with E-state index in [2.05, 4.69) is 16.4 Å². The number of benzene rings is 2. The quantitative estimate of drug-likeness (QED) is 0.753. The molecule has 0 radical (unpaired) electrons. The average molecular weight is 340 g/mol. The minimum absolute atomic E-state index is 0.202. The number of nitrogens with one attached hydrogen (secondary N) is 1. The molecule has 1 amide bonds. The number of carbonyl (C=O) groups is 1. The van der Waals surface area contributed by atoms with Gasteiger partial charge in [-0.05, 0) is 62.6 Å². The van der Waals surface area contributed by atoms with E-state index in [-0.39, 0.29) is 5.91 Å². The van der Waals surface area contributed by atoms with Gasteiger partial charge in [0.2, 0.25) is 0 Å². The lowest BCUT2D eigenvalue weighted by atomic mass is 10.1. The molecule has 24 heavy (non-hydrogen) atoms. The summed E-state index contributed by atoms with van der Waals surface area (Å²) in [5.41, 5.74) is 4.26. The van der Waals surface area contributed by atoms with Crippen LogP contribution in [0.5, 0.6) is 5.75 Å². The summed E-state index contributed by atoms with van der Waals surface area (Å²) in [7, 11) is 0. The zero-order valence-corrected chi connectivity index (χ0v) is 15.0. The molecule has 0 aliphatic carbocycles. The zero-order chi connectivity index (χ0) is 17.3. The van der Waals surface area contributed by atoms with Crippen LogP contribution >= 0.6 is 11.3 Å². The van der Waals surface area contributed by atoms with E-state index >= 15 is 0 Å². The van der Waals surface area contributed by atoms with Crippen molar-refractivity contribution in [3.8, 4) is 5.75 Å². The van der Waals surface area contributed by atoms with Crippen molar-refractivity contribution in [2.24, 2.45) is 0 Å². The van der Waals surface area contributed by atoms with Gasteiger partial charge in [-0.15, -0.1) is 0 Å². The molecule has 0 fully saturated rings. The Labute approximate surface area is 145 Å². The SMILES string of the molecule is Cc1ccc2nc(NC(=O)C(C)Oc3cccc(C)c3C)sc2c1. The molecule has 2 aromatic carbocycles. The van der Waals surface area contributed by atoms with Crippen molar-refractivity contribution >= 4 is 32.6 Å². The van der Waals surface area contributed by atoms with Crippen LogP contribution in [-0.4, -0.2) is 17.0 Å². The summed E-state index contributed by atoms with van der Waals surface area (Å²) >= 11 is 1.47. The van der Waals surface area contributed by atoms with Gasteiger partial charge in [-0.3, -0.25) is 10.1 Å². The largest absolute Gasteiger partial charge is 0.481 e. The maximum Gasteiger partial charge on any atom is 0.266 e. The molecule has 1 unspecified atom stereocenters. The van der Waals surface area contributed by atoms with Crippen LogP contribution in [0.1, 0.15) is 23.6 Å². The standard InChI is InChI=1S/C19H20N2O2S/c1-11-8-9-15-17(10-11)24-19(20-15)21-18(22)14(4)23-16-7-5-6-12(2)13(16)3/h5-10,14H,1-4H3,(H,20,21,22). The number of thiazole rings is 1. The van der Waals surface area contributed by atoms with Gasteiger partial charge < -0.3 is 4.74 Å². The summed E-state index contributed by atoms with van der Waals surface area (Å²) in [4.78, 5) is 16.8. The zero-order valence-electron chi connectivity index (χ0n) is 14.2. The lowest BCUT2D eigenvalue weighted by Gasteiger charge is -2.16. The first-order chi connectivity index (χ1) is 11.4. The summed E-state index contributed by atoms with van der Waals surface area (Å²) in [6, 6.07) is 11.9. The van der Waals surface area contributed by atoms with Crippen molar-refractivity contribution in [1.29, 1.82) is 0 Å². The topological polar surface area (TPSA) is 51.2 Å². The van der Waals surface area contributed by atoms with Crippen molar-refractivity contribution in [3.63, 3.8) is 0 Å². The molecule has 3 aromatic rings. The maximum absolute atomic E-state index is 12.4. The lowest BCUT2D eigenvalue weighted by molar-refractivity contribution is -0.122. The van der Waals surface area contributed by atoms with Gasteiger partial charge in [0.15, 0.2) is 11.2 Å². The number of carbonyl (C=O) groups excluding carboxylic acids is 1. The average Bonchev–Trinajstić information content (AvgIpc) is 2.93. The Morgan fingerprint density at radius 1 is 1.21 bits per heavy atom. The Morgan fingerprint density at radius 2 is 2.00 bits per heavy atom. The number of hydrogen-bond acceptors (Lipinski definition) is 4. The molecular formula is C19H20N2O2S. The number of fused-ring (bicyclic) bond motifs is 1. The normalized spacial score (nSPS) is 12.2. The van der Waals surface area contributed by atoms with Crippen LogP contribution in [0, 0.1) is 20.8 Å². The number of anilines is 1. The number of hydrogen-bond donors (Lipinski definition) is 1. The Bertz CT molecular complexity index is 902. The van der Waals surface area contributed by atoms with Gasteiger partial charge in [0, 0.05) is 0 Å². The van der Waals surface area contributed by atoms with E-state index in [1.54, 1.807) is 6.92 Å². The molecule has 0 bridgehead atoms. The van der Waals surface area contributed by atoms with Crippen molar-refractivity contribution in [1.82, 2.24) is 4.98 Å². The Balaban J connectivity index is 1.72. The van der Waals surface area contributed by atoms with Gasteiger partial charge in [-0.25, -0.2) is 4.98 Å². The molecule has 1 atom stereocenters. The number of nitrogens with zero attached hydrogens (tertiary/aromatic N) is 1. The highest BCUT2D eigenvalue weighted by Gasteiger charge is 2.18. The number of aromatic nitrogens is 1. The summed E-state index contributed by atoms with van der Waals surface area (Å²) < 4.78 is 6.88. The van der Waals surface area contributed by atoms with Gasteiger partial charge in [-0.1, -0.05) is 29.5 Å². The van der Waals surface area contributed by atoms with E-state index in [4.69, 9.17) is 4.74 Å². The highest BCUT2D eigenvalue weighted by molar-refractivity contribution is 7.22. The first-order valence-corrected chi connectivity index (χ1v) is 8.66. The number of amides is 1. The minimum Gasteiger partial charge on any atom is -0.481 e. The van der Waals surface area contributed by atoms with Crippen LogP contribution in [0.25, 0.3) is 10.2 Å². The smallest absolute Gasteiger partial charge is 0.266 e. The monoisotopic (exact) mass is 340 g/mol. The Kier molecular flexibility index (Phi) is 4.53. The van der Waals surface area contributed by atoms with Crippen LogP contribution in [0.3, 0.4) is 0 Å². The molecule has 5 heteroatoms. The second kappa shape index (κ2) is 6.61. The fourth-order valence-corrected chi connectivity index (χ4v) is 3.36. The maximum atomic E-state index is 12.4. The van der Waals surface area contributed by atoms with Crippen molar-refractivity contribution in [3.05, 3.63) is 53.1 Å². The van der Waals surface area contributed by atoms with Crippen LogP contribution < -0.4 is 10.1 Å². The van der Waals surface area contributed by atoms with E-state index < -0.39 is 6.10 Å². The lowest BCUT2D eigenvalue weighted by Crippen LogP contribution is -2.30. The summed E-state index contributed by atoms with van der Waals surface area (Å²) in [6.45, 7) is 7.80. The van der Waals surface area contributed by atoms with Crippen LogP contribution in [-0.2, 0) is 4.79 Å². The van der Waals surface area contributed by atoms with Gasteiger partial charge in [0.05, 0.1) is 10.2 Å². The molecular weight excluding hydrogens is 320 g/mol. The van der Waals surface area contributed by atoms with Crippen LogP contribution in [0.15, 0.2) is 36.4 Å². The summed E-state index contributed by atoms with van der Waals surface area (Å²) in [5.74, 6) is 0.532. The fraction of sp³-hybridized carbons (Fsp3) is 0.263. The molecule has 124 valence electrons. The molecule has 0 aliphatic heterocycles. The second-order valence-electron chi connectivity index (χ2n) is 5.94. The van der Waals surface area contributed by atoms with Crippen molar-refractivity contribution in [2.45, 2.75) is 33.8 Å². The third-order valence-electron chi connectivity index (χ3n) is 4.00. The van der Waals surface area contributed by atoms with Crippen molar-refractivity contribution in [2.75, 3.05) is 5.32 Å². The summed E-state index contributed by atoms with van der Waals surface area (Å²) in [6.07, 6.45) is -0.598. The van der Waals surface area contributed by atoms with E-state index in [9.17, 15) is 4.79 Å². The molecule has 1 N–H and O–H groups in total. The highest BCUT2D eigenvalue weighted by Crippen LogP contribution is 2.27. The second-order valence-corrected chi connectivity index (χ2v) is 6.97. The Hall–Kier alpha value is -2.40. The molecule has 1 aromatic heterocycles. The first-order valence-electron chi connectivity index (χ1n) is 7.85. The van der Waals surface area contributed by atoms with E-state index in [0.717, 1.165) is 27.1 Å². The Morgan fingerprint density at radius 3 is 2.79 bits per heavy atom. The molecule has 0 saturated heterocycles. The third kappa shape index (κ3) is 3.41. The molecule has 1 heterocycles. The summed E-state index contributed by atoms with van der Waals surface area (Å²) in [5, 5.41) is 3.44. The predicted molar refractivity (Wildman–Crippen MR) is 99.0 cm³/mol. The number of aryl methyl sites for hydroxylation is 2. The fourth-order valence-electron chi connectivity index (χ4n) is 2.39. The molecule has 0 aliphatic rings. The van der Waals surface area contributed by atoms with Crippen LogP contribution in [0.2, 0.25) is 0 Å². The number of rotatable bonds is 4. The molecule has 0 saturated carbocycles. The first kappa shape index (κ1) is 16.5. The van der Waals surface area contributed by atoms with E-state index in [1.165, 1.54) is 16.9 Å². The van der Waals surface area contributed by atoms with E-state index in [1.807, 2.05) is 51.1 Å². The van der Waals surface area contributed by atoms with Gasteiger partial charge >= 0.3 is 0 Å². The minimum atomic E-state index is -0.598. The van der Waals surface area contributed by atoms with Gasteiger partial charge in [0.25, 0.3) is 5.91 Å². The molecule has 4 nitrogen and oxygen atoms in total. The van der Waals surface area contributed by atoms with Gasteiger partial charge in [0.1, 0.15) is 5.75 Å².